The third kappa shape index (κ3) is 2.20. The summed E-state index contributed by atoms with van der Waals surface area (Å²) in [5, 5.41) is 13.1. The van der Waals surface area contributed by atoms with E-state index in [4.69, 9.17) is 16.7 Å². The molecule has 0 aromatic carbocycles. The maximum Gasteiger partial charge on any atom is 0.308 e. The van der Waals surface area contributed by atoms with Crippen molar-refractivity contribution >= 4 is 23.3 Å². The summed E-state index contributed by atoms with van der Waals surface area (Å²) in [6, 6.07) is 0. The molecule has 98 valence electrons. The molecule has 1 aliphatic heterocycles. The highest BCUT2D eigenvalue weighted by Gasteiger charge is 2.29. The Morgan fingerprint density at radius 2 is 2.39 bits per heavy atom. The van der Waals surface area contributed by atoms with Crippen molar-refractivity contribution in [2.45, 2.75) is 19.9 Å². The van der Waals surface area contributed by atoms with Crippen LogP contribution in [0.25, 0.3) is 0 Å². The molecule has 1 atom stereocenters. The molecule has 0 aliphatic carbocycles. The molecular formula is C11H14ClN3O3. The number of hydrogen-bond donors (Lipinski definition) is 1. The Bertz CT molecular complexity index is 529. The largest absolute Gasteiger partial charge is 0.481 e. The number of hydrogen-bond acceptors (Lipinski definition) is 4. The van der Waals surface area contributed by atoms with Gasteiger partial charge >= 0.3 is 5.97 Å². The van der Waals surface area contributed by atoms with Crippen LogP contribution < -0.4 is 10.5 Å². The Kier molecular flexibility index (Phi) is 3.56. The summed E-state index contributed by atoms with van der Waals surface area (Å²) in [6.07, 6.45) is 2.08. The fourth-order valence-corrected chi connectivity index (χ4v) is 2.35. The van der Waals surface area contributed by atoms with Gasteiger partial charge in [0.2, 0.25) is 0 Å². The van der Waals surface area contributed by atoms with Gasteiger partial charge in [-0.15, -0.1) is 0 Å². The number of nitrogens with zero attached hydrogens (tertiary/aromatic N) is 3. The number of aromatic nitrogens is 2. The average molecular weight is 272 g/mol. The maximum atomic E-state index is 11.8. The van der Waals surface area contributed by atoms with Gasteiger partial charge in [0, 0.05) is 19.6 Å². The van der Waals surface area contributed by atoms with Crippen LogP contribution in [0, 0.1) is 5.92 Å². The van der Waals surface area contributed by atoms with Gasteiger partial charge in [0.05, 0.1) is 17.8 Å². The molecule has 0 saturated carbocycles. The number of halogens is 1. The van der Waals surface area contributed by atoms with E-state index in [1.807, 2.05) is 0 Å². The van der Waals surface area contributed by atoms with Crippen LogP contribution in [0.4, 0.5) is 5.69 Å². The van der Waals surface area contributed by atoms with Crippen LogP contribution in [0.15, 0.2) is 11.0 Å². The van der Waals surface area contributed by atoms with Crippen LogP contribution in [0.1, 0.15) is 13.3 Å². The van der Waals surface area contributed by atoms with Crippen LogP contribution in [0.5, 0.6) is 0 Å². The highest BCUT2D eigenvalue weighted by molar-refractivity contribution is 6.33. The van der Waals surface area contributed by atoms with E-state index in [2.05, 4.69) is 5.10 Å². The molecule has 7 heteroatoms. The summed E-state index contributed by atoms with van der Waals surface area (Å²) in [6.45, 7) is 3.21. The van der Waals surface area contributed by atoms with Gasteiger partial charge in [0.15, 0.2) is 0 Å². The second kappa shape index (κ2) is 4.97. The first-order valence-corrected chi connectivity index (χ1v) is 6.15. The van der Waals surface area contributed by atoms with E-state index in [1.54, 1.807) is 11.8 Å². The summed E-state index contributed by atoms with van der Waals surface area (Å²) in [7, 11) is 0. The zero-order chi connectivity index (χ0) is 13.3. The Morgan fingerprint density at radius 3 is 2.94 bits per heavy atom. The first-order valence-electron chi connectivity index (χ1n) is 5.78. The minimum absolute atomic E-state index is 0.109. The highest BCUT2D eigenvalue weighted by Crippen LogP contribution is 2.27. The standard InChI is InChI=1S/C11H14ClN3O3/c1-2-15-10(16)9(12)8(5-13-15)14-4-3-7(6-14)11(17)18/h5,7H,2-4,6H2,1H3,(H,17,18)/t7-/m1/s1. The Labute approximate surface area is 109 Å². The fraction of sp³-hybridized carbons (Fsp3) is 0.545. The predicted octanol–water partition coefficient (Wildman–Crippen LogP) is 0.828. The topological polar surface area (TPSA) is 75.4 Å². The maximum absolute atomic E-state index is 11.8. The number of rotatable bonds is 3. The van der Waals surface area contributed by atoms with Gasteiger partial charge < -0.3 is 10.0 Å². The molecule has 1 fully saturated rings. The van der Waals surface area contributed by atoms with Crippen LogP contribution >= 0.6 is 11.6 Å². The molecule has 0 bridgehead atoms. The SMILES string of the molecule is CCn1ncc(N2CC[C@@H](C(=O)O)C2)c(Cl)c1=O. The second-order valence-corrected chi connectivity index (χ2v) is 4.61. The Hall–Kier alpha value is -1.56. The molecule has 1 aromatic rings. The van der Waals surface area contributed by atoms with E-state index < -0.39 is 11.9 Å². The van der Waals surface area contributed by atoms with Gasteiger partial charge in [-0.3, -0.25) is 9.59 Å². The van der Waals surface area contributed by atoms with Crippen molar-refractivity contribution in [2.24, 2.45) is 5.92 Å². The summed E-state index contributed by atoms with van der Waals surface area (Å²) in [5.74, 6) is -1.22. The molecule has 0 unspecified atom stereocenters. The van der Waals surface area contributed by atoms with Crippen molar-refractivity contribution < 1.29 is 9.90 Å². The smallest absolute Gasteiger partial charge is 0.308 e. The van der Waals surface area contributed by atoms with Crippen molar-refractivity contribution in [3.63, 3.8) is 0 Å². The molecule has 2 rings (SSSR count). The van der Waals surface area contributed by atoms with E-state index >= 15 is 0 Å². The van der Waals surface area contributed by atoms with Crippen molar-refractivity contribution in [3.8, 4) is 0 Å². The van der Waals surface area contributed by atoms with Crippen molar-refractivity contribution in [1.29, 1.82) is 0 Å². The quantitative estimate of drug-likeness (QED) is 0.881. The number of carboxylic acid groups (broad SMARTS) is 1. The Balaban J connectivity index is 2.28. The van der Waals surface area contributed by atoms with Crippen LogP contribution in [-0.4, -0.2) is 33.9 Å². The third-order valence-corrected chi connectivity index (χ3v) is 3.50. The van der Waals surface area contributed by atoms with Crippen molar-refractivity contribution in [3.05, 3.63) is 21.6 Å². The van der Waals surface area contributed by atoms with E-state index in [0.717, 1.165) is 0 Å². The Morgan fingerprint density at radius 1 is 1.67 bits per heavy atom. The van der Waals surface area contributed by atoms with Crippen molar-refractivity contribution in [1.82, 2.24) is 9.78 Å². The molecule has 18 heavy (non-hydrogen) atoms. The average Bonchev–Trinajstić information content (AvgIpc) is 2.82. The molecule has 1 saturated heterocycles. The van der Waals surface area contributed by atoms with E-state index in [1.165, 1.54) is 10.9 Å². The van der Waals surface area contributed by atoms with Gasteiger partial charge in [0.25, 0.3) is 5.56 Å². The predicted molar refractivity (Wildman–Crippen MR) is 67.1 cm³/mol. The number of aliphatic carboxylic acids is 1. The molecule has 0 radical (unpaired) electrons. The molecule has 0 amide bonds. The number of carboxylic acids is 1. The summed E-state index contributed by atoms with van der Waals surface area (Å²) in [4.78, 5) is 24.5. The first-order chi connectivity index (χ1) is 8.54. The van der Waals surface area contributed by atoms with Crippen molar-refractivity contribution in [2.75, 3.05) is 18.0 Å². The van der Waals surface area contributed by atoms with Gasteiger partial charge in [-0.2, -0.15) is 5.10 Å². The zero-order valence-electron chi connectivity index (χ0n) is 9.97. The van der Waals surface area contributed by atoms with Gasteiger partial charge in [-0.1, -0.05) is 11.6 Å². The molecule has 6 nitrogen and oxygen atoms in total. The van der Waals surface area contributed by atoms with Crippen LogP contribution in [0.3, 0.4) is 0 Å². The highest BCUT2D eigenvalue weighted by atomic mass is 35.5. The summed E-state index contributed by atoms with van der Waals surface area (Å²) >= 11 is 6.02. The van der Waals surface area contributed by atoms with Crippen LogP contribution in [-0.2, 0) is 11.3 Å². The molecule has 1 aromatic heterocycles. The van der Waals surface area contributed by atoms with Gasteiger partial charge in [0.1, 0.15) is 5.02 Å². The molecule has 1 aliphatic rings. The lowest BCUT2D eigenvalue weighted by Gasteiger charge is -2.19. The number of anilines is 1. The van der Waals surface area contributed by atoms with Gasteiger partial charge in [-0.05, 0) is 13.3 Å². The number of carbonyl (C=O) groups is 1. The first kappa shape index (κ1) is 12.9. The lowest BCUT2D eigenvalue weighted by molar-refractivity contribution is -0.140. The summed E-state index contributed by atoms with van der Waals surface area (Å²) in [5.41, 5.74) is 0.186. The van der Waals surface area contributed by atoms with Crippen LogP contribution in [0.2, 0.25) is 5.02 Å². The molecule has 2 heterocycles. The fourth-order valence-electron chi connectivity index (χ4n) is 2.08. The lowest BCUT2D eigenvalue weighted by Crippen LogP contribution is -2.28. The molecule has 0 spiro atoms. The molecule has 1 N–H and O–H groups in total. The second-order valence-electron chi connectivity index (χ2n) is 4.23. The minimum atomic E-state index is -0.816. The lowest BCUT2D eigenvalue weighted by atomic mass is 10.1. The normalized spacial score (nSPS) is 19.2. The monoisotopic (exact) mass is 271 g/mol. The van der Waals surface area contributed by atoms with E-state index in [-0.39, 0.29) is 10.6 Å². The van der Waals surface area contributed by atoms with Gasteiger partial charge in [-0.25, -0.2) is 4.68 Å². The minimum Gasteiger partial charge on any atom is -0.481 e. The van der Waals surface area contributed by atoms with E-state index in [9.17, 15) is 9.59 Å². The van der Waals surface area contributed by atoms with E-state index in [0.29, 0.717) is 31.7 Å². The third-order valence-electron chi connectivity index (χ3n) is 3.14. The summed E-state index contributed by atoms with van der Waals surface area (Å²) < 4.78 is 1.27. The number of aryl methyl sites for hydroxylation is 1. The molecular weight excluding hydrogens is 258 g/mol. The zero-order valence-corrected chi connectivity index (χ0v) is 10.7.